The molecule has 0 unspecified atom stereocenters. The topological polar surface area (TPSA) is 63.0 Å². The highest BCUT2D eigenvalue weighted by Crippen LogP contribution is 2.31. The van der Waals surface area contributed by atoms with Gasteiger partial charge in [0, 0.05) is 38.6 Å². The molecule has 0 spiro atoms. The Morgan fingerprint density at radius 1 is 0.923 bits per heavy atom. The number of anilines is 2. The molecule has 4 heterocycles. The third-order valence-electron chi connectivity index (χ3n) is 4.92. The van der Waals surface area contributed by atoms with Gasteiger partial charge in [0.2, 0.25) is 0 Å². The maximum atomic E-state index is 4.71. The van der Waals surface area contributed by atoms with E-state index >= 15 is 0 Å². The summed E-state index contributed by atoms with van der Waals surface area (Å²) < 4.78 is 7.75. The molecule has 8 heteroatoms. The Balaban J connectivity index is 1.43. The highest BCUT2D eigenvalue weighted by molar-refractivity contribution is 7.13. The highest BCUT2D eigenvalue weighted by Gasteiger charge is 2.23. The number of nitrogens with zero attached hydrogens (tertiary/aromatic N) is 7. The van der Waals surface area contributed by atoms with Gasteiger partial charge in [0.25, 0.3) is 0 Å². The van der Waals surface area contributed by atoms with E-state index in [4.69, 9.17) is 9.36 Å². The van der Waals surface area contributed by atoms with Gasteiger partial charge in [-0.1, -0.05) is 12.1 Å². The third kappa shape index (κ3) is 2.40. The molecule has 1 saturated heterocycles. The van der Waals surface area contributed by atoms with Crippen LogP contribution in [0.1, 0.15) is 5.82 Å². The predicted molar refractivity (Wildman–Crippen MR) is 105 cm³/mol. The largest absolute Gasteiger partial charge is 0.352 e. The Kier molecular flexibility index (Phi) is 3.53. The minimum Gasteiger partial charge on any atom is -0.352 e. The van der Waals surface area contributed by atoms with Crippen LogP contribution in [0.2, 0.25) is 0 Å². The van der Waals surface area contributed by atoms with E-state index < -0.39 is 0 Å². The van der Waals surface area contributed by atoms with Crippen LogP contribution in [-0.2, 0) is 7.05 Å². The molecular formula is C18H19N7S. The Morgan fingerprint density at radius 3 is 2.46 bits per heavy atom. The maximum absolute atomic E-state index is 4.71. The van der Waals surface area contributed by atoms with Crippen molar-refractivity contribution in [2.75, 3.05) is 36.0 Å². The van der Waals surface area contributed by atoms with Crippen LogP contribution in [0.5, 0.6) is 0 Å². The summed E-state index contributed by atoms with van der Waals surface area (Å²) in [4.78, 5) is 13.9. The van der Waals surface area contributed by atoms with E-state index in [9.17, 15) is 0 Å². The molecule has 7 nitrogen and oxygen atoms in total. The van der Waals surface area contributed by atoms with Crippen LogP contribution in [0.3, 0.4) is 0 Å². The summed E-state index contributed by atoms with van der Waals surface area (Å²) in [5.74, 6) is 2.88. The molecule has 26 heavy (non-hydrogen) atoms. The number of aryl methyl sites for hydroxylation is 2. The summed E-state index contributed by atoms with van der Waals surface area (Å²) in [6, 6.07) is 8.45. The zero-order valence-corrected chi connectivity index (χ0v) is 15.6. The number of benzene rings is 1. The van der Waals surface area contributed by atoms with Gasteiger partial charge in [-0.15, -0.1) is 0 Å². The second-order valence-electron chi connectivity index (χ2n) is 6.58. The lowest BCUT2D eigenvalue weighted by molar-refractivity contribution is 0.645. The quantitative estimate of drug-likeness (QED) is 0.544. The summed E-state index contributed by atoms with van der Waals surface area (Å²) >= 11 is 1.57. The number of fused-ring (bicyclic) bond motifs is 2. The van der Waals surface area contributed by atoms with E-state index in [0.717, 1.165) is 54.7 Å². The molecule has 132 valence electrons. The average molecular weight is 365 g/mol. The van der Waals surface area contributed by atoms with E-state index in [1.165, 1.54) is 10.1 Å². The number of rotatable bonds is 2. The van der Waals surface area contributed by atoms with Crippen molar-refractivity contribution in [1.29, 1.82) is 0 Å². The lowest BCUT2D eigenvalue weighted by Crippen LogP contribution is -2.47. The number of aromatic nitrogens is 5. The Labute approximate surface area is 155 Å². The molecule has 3 aromatic heterocycles. The van der Waals surface area contributed by atoms with Crippen LogP contribution in [0.4, 0.5) is 11.6 Å². The zero-order chi connectivity index (χ0) is 17.7. The molecule has 4 aromatic rings. The van der Waals surface area contributed by atoms with Gasteiger partial charge in [-0.3, -0.25) is 4.68 Å². The second kappa shape index (κ2) is 5.91. The molecule has 1 aromatic carbocycles. The standard InChI is InChI=1S/C18H19N7S/c1-12-20-16-14(11-19-23(16)2)17(21-12)24-7-9-25(10-8-24)18-13-5-3-4-6-15(13)26-22-18/h3-6,11H,7-10H2,1-2H3. The lowest BCUT2D eigenvalue weighted by Gasteiger charge is -2.36. The predicted octanol–water partition coefficient (Wildman–Crippen LogP) is 2.61. The maximum Gasteiger partial charge on any atom is 0.163 e. The van der Waals surface area contributed by atoms with Crippen molar-refractivity contribution < 1.29 is 0 Å². The molecule has 1 fully saturated rings. The molecule has 0 N–H and O–H groups in total. The van der Waals surface area contributed by atoms with Gasteiger partial charge in [-0.05, 0) is 30.6 Å². The van der Waals surface area contributed by atoms with Crippen molar-refractivity contribution >= 4 is 44.3 Å². The van der Waals surface area contributed by atoms with Gasteiger partial charge in [-0.2, -0.15) is 9.47 Å². The van der Waals surface area contributed by atoms with Crippen molar-refractivity contribution in [3.63, 3.8) is 0 Å². The summed E-state index contributed by atoms with van der Waals surface area (Å²) in [5.41, 5.74) is 0.889. The molecular weight excluding hydrogens is 346 g/mol. The fraction of sp³-hybridized carbons (Fsp3) is 0.333. The van der Waals surface area contributed by atoms with Crippen LogP contribution >= 0.6 is 11.5 Å². The molecule has 1 aliphatic heterocycles. The Morgan fingerprint density at radius 2 is 1.65 bits per heavy atom. The highest BCUT2D eigenvalue weighted by atomic mass is 32.1. The Hall–Kier alpha value is -2.74. The van der Waals surface area contributed by atoms with Crippen molar-refractivity contribution in [3.8, 4) is 0 Å². The third-order valence-corrected chi connectivity index (χ3v) is 5.74. The van der Waals surface area contributed by atoms with Gasteiger partial charge < -0.3 is 9.80 Å². The first-order valence-electron chi connectivity index (χ1n) is 8.71. The molecule has 0 atom stereocenters. The first kappa shape index (κ1) is 15.5. The SMILES string of the molecule is Cc1nc(N2CCN(c3nsc4ccccc34)CC2)c2cnn(C)c2n1. The van der Waals surface area contributed by atoms with Gasteiger partial charge >= 0.3 is 0 Å². The first-order chi connectivity index (χ1) is 12.7. The molecule has 0 bridgehead atoms. The van der Waals surface area contributed by atoms with Crippen LogP contribution in [0.25, 0.3) is 21.1 Å². The van der Waals surface area contributed by atoms with Gasteiger partial charge in [0.05, 0.1) is 16.3 Å². The van der Waals surface area contributed by atoms with E-state index in [2.05, 4.69) is 44.1 Å². The van der Waals surface area contributed by atoms with Crippen LogP contribution in [0.15, 0.2) is 30.5 Å². The summed E-state index contributed by atoms with van der Waals surface area (Å²) in [6.07, 6.45) is 1.87. The normalized spacial score (nSPS) is 15.3. The molecule has 5 rings (SSSR count). The average Bonchev–Trinajstić information content (AvgIpc) is 3.26. The fourth-order valence-electron chi connectivity index (χ4n) is 3.58. The summed E-state index contributed by atoms with van der Waals surface area (Å²) in [6.45, 7) is 5.61. The summed E-state index contributed by atoms with van der Waals surface area (Å²) in [7, 11) is 1.92. The van der Waals surface area contributed by atoms with Crippen LogP contribution in [-0.4, -0.2) is 50.3 Å². The van der Waals surface area contributed by atoms with E-state index in [0.29, 0.717) is 0 Å². The lowest BCUT2D eigenvalue weighted by atomic mass is 10.2. The molecule has 0 aliphatic carbocycles. The fourth-order valence-corrected chi connectivity index (χ4v) is 4.38. The minimum absolute atomic E-state index is 0.782. The van der Waals surface area contributed by atoms with Crippen molar-refractivity contribution in [3.05, 3.63) is 36.3 Å². The van der Waals surface area contributed by atoms with Crippen LogP contribution < -0.4 is 9.80 Å². The summed E-state index contributed by atoms with van der Waals surface area (Å²) in [5, 5.41) is 6.62. The van der Waals surface area contributed by atoms with Gasteiger partial charge in [0.15, 0.2) is 5.65 Å². The second-order valence-corrected chi connectivity index (χ2v) is 7.38. The number of piperazine rings is 1. The number of hydrogen-bond donors (Lipinski definition) is 0. The molecule has 1 aliphatic rings. The first-order valence-corrected chi connectivity index (χ1v) is 9.49. The van der Waals surface area contributed by atoms with E-state index in [-0.39, 0.29) is 0 Å². The molecule has 0 amide bonds. The van der Waals surface area contributed by atoms with Crippen molar-refractivity contribution in [1.82, 2.24) is 24.1 Å². The van der Waals surface area contributed by atoms with Gasteiger partial charge in [0.1, 0.15) is 17.5 Å². The van der Waals surface area contributed by atoms with Crippen LogP contribution in [0, 0.1) is 6.92 Å². The van der Waals surface area contributed by atoms with Crippen molar-refractivity contribution in [2.24, 2.45) is 7.05 Å². The van der Waals surface area contributed by atoms with Gasteiger partial charge in [-0.25, -0.2) is 9.97 Å². The zero-order valence-electron chi connectivity index (χ0n) is 14.8. The monoisotopic (exact) mass is 365 g/mol. The smallest absolute Gasteiger partial charge is 0.163 e. The Bertz CT molecular complexity index is 1090. The minimum atomic E-state index is 0.782. The molecule has 0 radical (unpaired) electrons. The van der Waals surface area contributed by atoms with E-state index in [1.807, 2.05) is 24.9 Å². The van der Waals surface area contributed by atoms with Crippen molar-refractivity contribution in [2.45, 2.75) is 6.92 Å². The number of hydrogen-bond acceptors (Lipinski definition) is 7. The molecule has 0 saturated carbocycles. The van der Waals surface area contributed by atoms with E-state index in [1.54, 1.807) is 11.5 Å².